The summed E-state index contributed by atoms with van der Waals surface area (Å²) in [6, 6.07) is 5.69. The molecule has 0 fully saturated rings. The molecular weight excluding hydrogens is 304 g/mol. The van der Waals surface area contributed by atoms with Crippen molar-refractivity contribution in [1.82, 2.24) is 10.6 Å². The Morgan fingerprint density at radius 1 is 1.23 bits per heavy atom. The SMILES string of the molecule is CCNC(=NCc1ccsc1)NCCc1ccc(F)cc1F. The summed E-state index contributed by atoms with van der Waals surface area (Å²) in [5.41, 5.74) is 1.65. The predicted molar refractivity (Wildman–Crippen MR) is 87.2 cm³/mol. The molecule has 6 heteroatoms. The highest BCUT2D eigenvalue weighted by molar-refractivity contribution is 7.07. The van der Waals surface area contributed by atoms with E-state index in [2.05, 4.69) is 21.0 Å². The van der Waals surface area contributed by atoms with Crippen LogP contribution < -0.4 is 10.6 Å². The number of hydrogen-bond acceptors (Lipinski definition) is 2. The average molecular weight is 323 g/mol. The van der Waals surface area contributed by atoms with Gasteiger partial charge in [0, 0.05) is 19.2 Å². The zero-order chi connectivity index (χ0) is 15.8. The number of rotatable bonds is 6. The minimum atomic E-state index is -0.556. The lowest BCUT2D eigenvalue weighted by Crippen LogP contribution is -2.38. The Kier molecular flexibility index (Phi) is 6.33. The smallest absolute Gasteiger partial charge is 0.191 e. The Labute approximate surface area is 133 Å². The predicted octanol–water partition coefficient (Wildman–Crippen LogP) is 3.32. The highest BCUT2D eigenvalue weighted by Gasteiger charge is 2.04. The molecule has 0 saturated heterocycles. The molecule has 118 valence electrons. The molecule has 0 aliphatic heterocycles. The molecule has 0 unspecified atom stereocenters. The summed E-state index contributed by atoms with van der Waals surface area (Å²) in [6.45, 7) is 3.86. The molecule has 0 aliphatic carbocycles. The molecule has 0 aliphatic rings. The maximum atomic E-state index is 13.5. The first kappa shape index (κ1) is 16.4. The number of thiophene rings is 1. The number of nitrogens with zero attached hydrogens (tertiary/aromatic N) is 1. The molecule has 0 radical (unpaired) electrons. The summed E-state index contributed by atoms with van der Waals surface area (Å²) in [5, 5.41) is 10.4. The van der Waals surface area contributed by atoms with Gasteiger partial charge in [-0.05, 0) is 47.4 Å². The number of hydrogen-bond donors (Lipinski definition) is 2. The summed E-state index contributed by atoms with van der Waals surface area (Å²) in [6.07, 6.45) is 0.467. The van der Waals surface area contributed by atoms with Gasteiger partial charge in [-0.2, -0.15) is 11.3 Å². The minimum Gasteiger partial charge on any atom is -0.357 e. The van der Waals surface area contributed by atoms with E-state index in [0.29, 0.717) is 31.0 Å². The van der Waals surface area contributed by atoms with E-state index < -0.39 is 11.6 Å². The highest BCUT2D eigenvalue weighted by Crippen LogP contribution is 2.09. The molecule has 22 heavy (non-hydrogen) atoms. The van der Waals surface area contributed by atoms with Gasteiger partial charge in [-0.15, -0.1) is 0 Å². The van der Waals surface area contributed by atoms with E-state index in [1.54, 1.807) is 11.3 Å². The van der Waals surface area contributed by atoms with Crippen LogP contribution in [-0.2, 0) is 13.0 Å². The average Bonchev–Trinajstić information content (AvgIpc) is 3.00. The molecule has 0 bridgehead atoms. The number of guanidine groups is 1. The van der Waals surface area contributed by atoms with E-state index >= 15 is 0 Å². The minimum absolute atomic E-state index is 0.467. The van der Waals surface area contributed by atoms with Crippen molar-refractivity contribution in [3.63, 3.8) is 0 Å². The van der Waals surface area contributed by atoms with Crippen LogP contribution in [-0.4, -0.2) is 19.0 Å². The number of benzene rings is 1. The maximum absolute atomic E-state index is 13.5. The fourth-order valence-electron chi connectivity index (χ4n) is 1.93. The van der Waals surface area contributed by atoms with E-state index in [1.165, 1.54) is 12.1 Å². The van der Waals surface area contributed by atoms with Gasteiger partial charge >= 0.3 is 0 Å². The summed E-state index contributed by atoms with van der Waals surface area (Å²) in [7, 11) is 0. The molecule has 1 aromatic heterocycles. The Bertz CT molecular complexity index is 612. The zero-order valence-corrected chi connectivity index (χ0v) is 13.2. The number of halogens is 2. The monoisotopic (exact) mass is 323 g/mol. The molecule has 0 amide bonds. The Balaban J connectivity index is 1.87. The van der Waals surface area contributed by atoms with Crippen molar-refractivity contribution in [2.75, 3.05) is 13.1 Å². The van der Waals surface area contributed by atoms with Crippen LogP contribution in [0.25, 0.3) is 0 Å². The lowest BCUT2D eigenvalue weighted by Gasteiger charge is -2.11. The van der Waals surface area contributed by atoms with E-state index in [1.807, 2.05) is 18.4 Å². The van der Waals surface area contributed by atoms with Crippen molar-refractivity contribution in [3.8, 4) is 0 Å². The van der Waals surface area contributed by atoms with Crippen LogP contribution in [0.2, 0.25) is 0 Å². The van der Waals surface area contributed by atoms with Crippen molar-refractivity contribution in [3.05, 3.63) is 57.8 Å². The van der Waals surface area contributed by atoms with Gasteiger partial charge in [-0.25, -0.2) is 13.8 Å². The molecular formula is C16H19F2N3S. The summed E-state index contributed by atoms with van der Waals surface area (Å²) in [5.74, 6) is -0.377. The van der Waals surface area contributed by atoms with Gasteiger partial charge in [0.05, 0.1) is 6.54 Å². The zero-order valence-electron chi connectivity index (χ0n) is 12.4. The van der Waals surface area contributed by atoms with E-state index in [0.717, 1.165) is 18.2 Å². The van der Waals surface area contributed by atoms with Gasteiger partial charge in [0.1, 0.15) is 11.6 Å². The van der Waals surface area contributed by atoms with Crippen molar-refractivity contribution < 1.29 is 8.78 Å². The van der Waals surface area contributed by atoms with Crippen LogP contribution in [0.1, 0.15) is 18.1 Å². The second kappa shape index (κ2) is 8.48. The quantitative estimate of drug-likeness (QED) is 0.632. The maximum Gasteiger partial charge on any atom is 0.191 e. The van der Waals surface area contributed by atoms with Gasteiger partial charge in [0.15, 0.2) is 5.96 Å². The lowest BCUT2D eigenvalue weighted by atomic mass is 10.1. The Hall–Kier alpha value is -1.95. The van der Waals surface area contributed by atoms with Crippen LogP contribution >= 0.6 is 11.3 Å². The first-order chi connectivity index (χ1) is 10.7. The Morgan fingerprint density at radius 3 is 2.77 bits per heavy atom. The van der Waals surface area contributed by atoms with Gasteiger partial charge in [-0.3, -0.25) is 0 Å². The third kappa shape index (κ3) is 5.11. The topological polar surface area (TPSA) is 36.4 Å². The number of aliphatic imine (C=N–C) groups is 1. The van der Waals surface area contributed by atoms with Gasteiger partial charge < -0.3 is 10.6 Å². The molecule has 0 spiro atoms. The third-order valence-electron chi connectivity index (χ3n) is 3.05. The molecule has 2 N–H and O–H groups in total. The molecule has 1 heterocycles. The standard InChI is InChI=1S/C16H19F2N3S/c1-2-19-16(21-10-12-6-8-22-11-12)20-7-5-13-3-4-14(17)9-15(13)18/h3-4,6,8-9,11H,2,5,7,10H2,1H3,(H2,19,20,21). The van der Waals surface area contributed by atoms with E-state index in [-0.39, 0.29) is 0 Å². The molecule has 2 aromatic rings. The van der Waals surface area contributed by atoms with Gasteiger partial charge in [0.25, 0.3) is 0 Å². The second-order valence-electron chi connectivity index (χ2n) is 4.74. The molecule has 3 nitrogen and oxygen atoms in total. The van der Waals surface area contributed by atoms with E-state index in [9.17, 15) is 8.78 Å². The fraction of sp³-hybridized carbons (Fsp3) is 0.312. The largest absolute Gasteiger partial charge is 0.357 e. The van der Waals surface area contributed by atoms with Crippen LogP contribution in [0.5, 0.6) is 0 Å². The molecule has 0 saturated carbocycles. The first-order valence-corrected chi connectivity index (χ1v) is 8.10. The van der Waals surface area contributed by atoms with Crippen LogP contribution in [0.15, 0.2) is 40.0 Å². The van der Waals surface area contributed by atoms with E-state index in [4.69, 9.17) is 0 Å². The van der Waals surface area contributed by atoms with Crippen molar-refractivity contribution in [2.45, 2.75) is 19.9 Å². The van der Waals surface area contributed by atoms with Crippen molar-refractivity contribution >= 4 is 17.3 Å². The first-order valence-electron chi connectivity index (χ1n) is 7.16. The van der Waals surface area contributed by atoms with Crippen LogP contribution in [0.4, 0.5) is 8.78 Å². The molecule has 2 rings (SSSR count). The van der Waals surface area contributed by atoms with Crippen LogP contribution in [0, 0.1) is 11.6 Å². The van der Waals surface area contributed by atoms with Gasteiger partial charge in [0.2, 0.25) is 0 Å². The Morgan fingerprint density at radius 2 is 2.09 bits per heavy atom. The molecule has 1 aromatic carbocycles. The van der Waals surface area contributed by atoms with Gasteiger partial charge in [-0.1, -0.05) is 6.07 Å². The fourth-order valence-corrected chi connectivity index (χ4v) is 2.59. The van der Waals surface area contributed by atoms with Crippen molar-refractivity contribution in [2.24, 2.45) is 4.99 Å². The molecule has 0 atom stereocenters. The summed E-state index contributed by atoms with van der Waals surface area (Å²) in [4.78, 5) is 4.47. The third-order valence-corrected chi connectivity index (χ3v) is 3.78. The van der Waals surface area contributed by atoms with Crippen molar-refractivity contribution in [1.29, 1.82) is 0 Å². The normalized spacial score (nSPS) is 11.5. The highest BCUT2D eigenvalue weighted by atomic mass is 32.1. The second-order valence-corrected chi connectivity index (χ2v) is 5.52. The summed E-state index contributed by atoms with van der Waals surface area (Å²) < 4.78 is 26.4. The number of nitrogens with one attached hydrogen (secondary N) is 2. The van der Waals surface area contributed by atoms with Crippen LogP contribution in [0.3, 0.4) is 0 Å². The summed E-state index contributed by atoms with van der Waals surface area (Å²) >= 11 is 1.64. The lowest BCUT2D eigenvalue weighted by molar-refractivity contribution is 0.570.